The molecule has 1 N–H and O–H groups in total. The molecule has 0 fully saturated rings. The maximum atomic E-state index is 11.1. The van der Waals surface area contributed by atoms with Crippen LogP contribution in [-0.4, -0.2) is 18.9 Å². The van der Waals surface area contributed by atoms with Crippen molar-refractivity contribution in [1.82, 2.24) is 0 Å². The molecule has 7 heteroatoms. The predicted molar refractivity (Wildman–Crippen MR) is 116 cm³/mol. The summed E-state index contributed by atoms with van der Waals surface area (Å²) in [6, 6.07) is 0. The van der Waals surface area contributed by atoms with Crippen LogP contribution >= 0.6 is 0 Å². The number of unbranched alkanes of at least 4 members (excludes halogenated alkanes) is 18. The third-order valence-corrected chi connectivity index (χ3v) is 5.58. The molecule has 0 saturated carbocycles. The van der Waals surface area contributed by atoms with Gasteiger partial charge in [0.2, 0.25) is 0 Å². The Labute approximate surface area is 192 Å². The van der Waals surface area contributed by atoms with Gasteiger partial charge in [-0.05, 0) is 6.42 Å². The van der Waals surface area contributed by atoms with Crippen molar-refractivity contribution >= 4 is 16.4 Å². The number of hydrogen-bond acceptors (Lipinski definition) is 4. The van der Waals surface area contributed by atoms with Gasteiger partial charge in [0, 0.05) is 25.9 Å². The molecule has 29 heavy (non-hydrogen) atoms. The third-order valence-electron chi connectivity index (χ3n) is 5.18. The van der Waals surface area contributed by atoms with Gasteiger partial charge in [0.05, 0.1) is 0 Å². The van der Waals surface area contributed by atoms with Gasteiger partial charge >= 0.3 is 16.4 Å². The Hall–Kier alpha value is 0.00338. The van der Waals surface area contributed by atoms with Crippen LogP contribution in [0, 0.1) is 0 Å². The van der Waals surface area contributed by atoms with E-state index in [0.717, 1.165) is 19.3 Å². The Bertz CT molecular complexity index is 454. The monoisotopic (exact) mass is 484 g/mol. The first-order valence-electron chi connectivity index (χ1n) is 11.7. The van der Waals surface area contributed by atoms with Crippen molar-refractivity contribution in [2.45, 2.75) is 135 Å². The summed E-state index contributed by atoms with van der Waals surface area (Å²) in [7, 11) is -4.65. The summed E-state index contributed by atoms with van der Waals surface area (Å²) in [6.07, 6.45) is 24.3. The summed E-state index contributed by atoms with van der Waals surface area (Å²) in [5.74, 6) is -0.880. The molecule has 0 rings (SSSR count). The van der Waals surface area contributed by atoms with Gasteiger partial charge < -0.3 is 4.18 Å². The standard InChI is InChI=1S/C22H44O5S.Zn/c1-2-3-4-5-6-7-8-9-10-11-12-13-14-15-16-17-18-19-20-21-22(23)27-28(24,25)26;/h2-21H2,1H3,(H,24,25,26);. The summed E-state index contributed by atoms with van der Waals surface area (Å²) in [5, 5.41) is 0. The fourth-order valence-corrected chi connectivity index (χ4v) is 3.83. The van der Waals surface area contributed by atoms with Crippen LogP contribution in [0.3, 0.4) is 0 Å². The fraction of sp³-hybridized carbons (Fsp3) is 0.955. The molecule has 0 aliphatic heterocycles. The van der Waals surface area contributed by atoms with Crippen molar-refractivity contribution in [3.63, 3.8) is 0 Å². The number of carbonyl (C=O) groups is 1. The fourth-order valence-electron chi connectivity index (χ4n) is 3.51. The van der Waals surface area contributed by atoms with Crippen molar-refractivity contribution in [2.75, 3.05) is 0 Å². The molecule has 0 aliphatic rings. The molecule has 0 spiro atoms. The van der Waals surface area contributed by atoms with E-state index in [1.807, 2.05) is 0 Å². The first-order chi connectivity index (χ1) is 13.5. The Morgan fingerprint density at radius 3 is 1.17 bits per heavy atom. The van der Waals surface area contributed by atoms with Crippen molar-refractivity contribution in [3.05, 3.63) is 0 Å². The zero-order valence-electron chi connectivity index (χ0n) is 18.8. The number of rotatable bonds is 21. The first kappa shape index (κ1) is 31.2. The molecule has 0 aliphatic carbocycles. The number of hydrogen-bond donors (Lipinski definition) is 1. The van der Waals surface area contributed by atoms with Crippen LogP contribution in [0.5, 0.6) is 0 Å². The maximum absolute atomic E-state index is 11.1. The van der Waals surface area contributed by atoms with Gasteiger partial charge in [-0.1, -0.05) is 122 Å². The molecular formula is C22H44O5SZn. The number of carbonyl (C=O) groups excluding carboxylic acids is 1. The van der Waals surface area contributed by atoms with E-state index >= 15 is 0 Å². The van der Waals surface area contributed by atoms with E-state index in [-0.39, 0.29) is 25.9 Å². The molecule has 0 unspecified atom stereocenters. The Balaban J connectivity index is 0. The zero-order valence-corrected chi connectivity index (χ0v) is 22.6. The van der Waals surface area contributed by atoms with Crippen LogP contribution in [-0.2, 0) is 38.9 Å². The third kappa shape index (κ3) is 28.0. The minimum atomic E-state index is -4.65. The van der Waals surface area contributed by atoms with Crippen molar-refractivity contribution < 1.29 is 41.4 Å². The van der Waals surface area contributed by atoms with Crippen LogP contribution in [0.15, 0.2) is 0 Å². The molecule has 170 valence electrons. The molecular weight excluding hydrogens is 442 g/mol. The van der Waals surface area contributed by atoms with E-state index in [4.69, 9.17) is 4.55 Å². The van der Waals surface area contributed by atoms with Crippen molar-refractivity contribution in [3.8, 4) is 0 Å². The smallest absolute Gasteiger partial charge is 0.325 e. The molecule has 0 aromatic rings. The summed E-state index contributed by atoms with van der Waals surface area (Å²) < 4.78 is 32.9. The predicted octanol–water partition coefficient (Wildman–Crippen LogP) is 7.15. The Morgan fingerprint density at radius 1 is 0.621 bits per heavy atom. The minimum Gasteiger partial charge on any atom is -0.325 e. The zero-order chi connectivity index (χ0) is 20.9. The first-order valence-corrected chi connectivity index (χ1v) is 13.0. The maximum Gasteiger partial charge on any atom is 0.448 e. The minimum absolute atomic E-state index is 0. The quantitative estimate of drug-likeness (QED) is 0.106. The van der Waals surface area contributed by atoms with E-state index in [1.54, 1.807) is 0 Å². The average molecular weight is 486 g/mol. The van der Waals surface area contributed by atoms with E-state index in [2.05, 4.69) is 11.1 Å². The molecule has 0 radical (unpaired) electrons. The van der Waals surface area contributed by atoms with Gasteiger partial charge in [0.15, 0.2) is 0 Å². The summed E-state index contributed by atoms with van der Waals surface area (Å²) in [5.41, 5.74) is 0. The van der Waals surface area contributed by atoms with Crippen LogP contribution in [0.25, 0.3) is 0 Å². The van der Waals surface area contributed by atoms with Crippen molar-refractivity contribution in [2.24, 2.45) is 0 Å². The average Bonchev–Trinajstić information content (AvgIpc) is 2.62. The normalized spacial score (nSPS) is 11.2. The van der Waals surface area contributed by atoms with Gasteiger partial charge in [-0.15, -0.1) is 0 Å². The van der Waals surface area contributed by atoms with Crippen molar-refractivity contribution in [1.29, 1.82) is 0 Å². The molecule has 5 nitrogen and oxygen atoms in total. The molecule has 0 saturated heterocycles. The second-order valence-electron chi connectivity index (χ2n) is 8.00. The Morgan fingerprint density at radius 2 is 0.897 bits per heavy atom. The summed E-state index contributed by atoms with van der Waals surface area (Å²) in [6.45, 7) is 2.27. The summed E-state index contributed by atoms with van der Waals surface area (Å²) in [4.78, 5) is 11.1. The SMILES string of the molecule is CCCCCCCCCCCCCCCCCCCCCC(=O)OS(=O)(=O)O.[Zn]. The molecule has 0 aromatic carbocycles. The molecule has 0 heterocycles. The van der Waals surface area contributed by atoms with Crippen LogP contribution in [0.2, 0.25) is 0 Å². The van der Waals surface area contributed by atoms with Crippen LogP contribution in [0.4, 0.5) is 0 Å². The van der Waals surface area contributed by atoms with E-state index in [0.29, 0.717) is 6.42 Å². The molecule has 0 aromatic heterocycles. The topological polar surface area (TPSA) is 80.7 Å². The molecule has 0 bridgehead atoms. The second-order valence-corrected chi connectivity index (χ2v) is 9.02. The van der Waals surface area contributed by atoms with Gasteiger partial charge in [-0.3, -0.25) is 9.35 Å². The largest absolute Gasteiger partial charge is 0.448 e. The van der Waals surface area contributed by atoms with Crippen LogP contribution in [0.1, 0.15) is 135 Å². The Kier molecular flexibility index (Phi) is 24.4. The van der Waals surface area contributed by atoms with E-state index < -0.39 is 16.4 Å². The van der Waals surface area contributed by atoms with Gasteiger partial charge in [-0.2, -0.15) is 8.42 Å². The second kappa shape index (κ2) is 22.7. The van der Waals surface area contributed by atoms with Gasteiger partial charge in [-0.25, -0.2) is 0 Å². The molecule has 0 amide bonds. The van der Waals surface area contributed by atoms with E-state index in [1.165, 1.54) is 96.3 Å². The van der Waals surface area contributed by atoms with Gasteiger partial charge in [0.25, 0.3) is 0 Å². The molecule has 0 atom stereocenters. The van der Waals surface area contributed by atoms with Crippen LogP contribution < -0.4 is 0 Å². The van der Waals surface area contributed by atoms with E-state index in [9.17, 15) is 13.2 Å². The summed E-state index contributed by atoms with van der Waals surface area (Å²) >= 11 is 0. The van der Waals surface area contributed by atoms with Gasteiger partial charge in [0.1, 0.15) is 0 Å².